The second-order valence-corrected chi connectivity index (χ2v) is 9.55. The Bertz CT molecular complexity index is 917. The molecule has 0 saturated carbocycles. The van der Waals surface area contributed by atoms with Gasteiger partial charge in [-0.15, -0.1) is 0 Å². The van der Waals surface area contributed by atoms with E-state index in [0.29, 0.717) is 50.9 Å². The van der Waals surface area contributed by atoms with E-state index in [1.807, 2.05) is 48.9 Å². The third-order valence-electron chi connectivity index (χ3n) is 5.35. The second kappa shape index (κ2) is 9.54. The first-order chi connectivity index (χ1) is 13.9. The number of sulfonamides is 1. The summed E-state index contributed by atoms with van der Waals surface area (Å²) in [5.41, 5.74) is 2.65. The van der Waals surface area contributed by atoms with Crippen molar-refractivity contribution < 1.29 is 13.2 Å². The molecule has 1 saturated heterocycles. The lowest BCUT2D eigenvalue weighted by atomic mass is 10.1. The monoisotopic (exact) mass is 418 g/mol. The summed E-state index contributed by atoms with van der Waals surface area (Å²) in [6, 6.07) is 10.0. The first kappa shape index (κ1) is 21.5. The lowest BCUT2D eigenvalue weighted by Crippen LogP contribution is -2.47. The highest BCUT2D eigenvalue weighted by molar-refractivity contribution is 7.89. The van der Waals surface area contributed by atoms with Crippen molar-refractivity contribution >= 4 is 15.9 Å². The number of carbonyl (C=O) groups excluding carboxylic acids is 1. The summed E-state index contributed by atoms with van der Waals surface area (Å²) in [5.74, 6) is 0.0563. The summed E-state index contributed by atoms with van der Waals surface area (Å²) in [6.07, 6.45) is 4.23. The third kappa shape index (κ3) is 5.25. The normalized spacial score (nSPS) is 16.1. The van der Waals surface area contributed by atoms with Gasteiger partial charge in [0.05, 0.1) is 29.8 Å². The number of hydrogen-bond acceptors (Lipinski definition) is 4. The number of rotatable bonds is 8. The molecule has 29 heavy (non-hydrogen) atoms. The molecule has 1 N–H and O–H groups in total. The maximum absolute atomic E-state index is 12.8. The summed E-state index contributed by atoms with van der Waals surface area (Å²) < 4.78 is 27.8. The molecule has 2 aromatic rings. The predicted octanol–water partition coefficient (Wildman–Crippen LogP) is 2.43. The SMILES string of the molecule is CCCS(=O)(=O)N1CCC(NC(=O)c2cnn(Cc3ccccc3)c2CC)CC1. The standard InChI is InChI=1S/C21H30N4O3S/c1-3-14-29(27,28)24-12-10-18(11-13-24)23-21(26)19-15-22-25(20(19)4-2)16-17-8-6-5-7-9-17/h5-9,15,18H,3-4,10-14,16H2,1-2H3,(H,23,26). The van der Waals surface area contributed by atoms with Gasteiger partial charge in [-0.25, -0.2) is 12.7 Å². The van der Waals surface area contributed by atoms with Crippen LogP contribution in [0.2, 0.25) is 0 Å². The van der Waals surface area contributed by atoms with Crippen molar-refractivity contribution in [2.24, 2.45) is 0 Å². The van der Waals surface area contributed by atoms with Crippen LogP contribution in [0.3, 0.4) is 0 Å². The lowest BCUT2D eigenvalue weighted by molar-refractivity contribution is 0.0922. The highest BCUT2D eigenvalue weighted by atomic mass is 32.2. The molecule has 1 aliphatic heterocycles. The molecular formula is C21H30N4O3S. The van der Waals surface area contributed by atoms with Gasteiger partial charge in [-0.05, 0) is 31.2 Å². The number of piperidine rings is 1. The Kier molecular flexibility index (Phi) is 7.08. The highest BCUT2D eigenvalue weighted by Crippen LogP contribution is 2.17. The molecule has 0 bridgehead atoms. The van der Waals surface area contributed by atoms with Crippen LogP contribution < -0.4 is 5.32 Å². The quantitative estimate of drug-likeness (QED) is 0.714. The zero-order valence-electron chi connectivity index (χ0n) is 17.2. The molecule has 8 heteroatoms. The average Bonchev–Trinajstić information content (AvgIpc) is 3.12. The van der Waals surface area contributed by atoms with Crippen LogP contribution in [0, 0.1) is 0 Å². The molecule has 1 aromatic carbocycles. The summed E-state index contributed by atoms with van der Waals surface area (Å²) in [6.45, 7) is 5.44. The number of nitrogens with one attached hydrogen (secondary N) is 1. The average molecular weight is 419 g/mol. The second-order valence-electron chi connectivity index (χ2n) is 7.46. The maximum atomic E-state index is 12.8. The summed E-state index contributed by atoms with van der Waals surface area (Å²) in [7, 11) is -3.17. The van der Waals surface area contributed by atoms with Crippen molar-refractivity contribution in [2.45, 2.75) is 52.1 Å². The van der Waals surface area contributed by atoms with Crippen LogP contribution in [0.15, 0.2) is 36.5 Å². The molecule has 3 rings (SSSR count). The van der Waals surface area contributed by atoms with Gasteiger partial charge < -0.3 is 5.32 Å². The summed E-state index contributed by atoms with van der Waals surface area (Å²) in [5, 5.41) is 7.51. The van der Waals surface area contributed by atoms with Gasteiger partial charge in [0.25, 0.3) is 5.91 Å². The molecule has 7 nitrogen and oxygen atoms in total. The molecule has 0 radical (unpaired) electrons. The lowest BCUT2D eigenvalue weighted by Gasteiger charge is -2.31. The van der Waals surface area contributed by atoms with E-state index in [9.17, 15) is 13.2 Å². The minimum absolute atomic E-state index is 0.0160. The highest BCUT2D eigenvalue weighted by Gasteiger charge is 2.28. The molecule has 158 valence electrons. The number of aromatic nitrogens is 2. The van der Waals surface area contributed by atoms with Crippen molar-refractivity contribution in [1.29, 1.82) is 0 Å². The van der Waals surface area contributed by atoms with Crippen LogP contribution in [0.1, 0.15) is 54.7 Å². The molecule has 0 aliphatic carbocycles. The van der Waals surface area contributed by atoms with Crippen LogP contribution >= 0.6 is 0 Å². The van der Waals surface area contributed by atoms with Gasteiger partial charge in [-0.3, -0.25) is 9.48 Å². The predicted molar refractivity (Wildman–Crippen MR) is 113 cm³/mol. The first-order valence-electron chi connectivity index (χ1n) is 10.3. The van der Waals surface area contributed by atoms with Gasteiger partial charge in [0.1, 0.15) is 0 Å². The van der Waals surface area contributed by atoms with Crippen LogP contribution in [0.4, 0.5) is 0 Å². The molecule has 1 amide bonds. The van der Waals surface area contributed by atoms with E-state index < -0.39 is 10.0 Å². The van der Waals surface area contributed by atoms with E-state index in [2.05, 4.69) is 10.4 Å². The number of carbonyl (C=O) groups is 1. The van der Waals surface area contributed by atoms with E-state index in [0.717, 1.165) is 11.3 Å². The third-order valence-corrected chi connectivity index (χ3v) is 7.42. The molecule has 1 aliphatic rings. The van der Waals surface area contributed by atoms with Crippen LogP contribution in [-0.2, 0) is 23.0 Å². The zero-order chi connectivity index (χ0) is 20.9. The van der Waals surface area contributed by atoms with Crippen molar-refractivity contribution in [3.05, 3.63) is 53.3 Å². The fourth-order valence-electron chi connectivity index (χ4n) is 3.79. The van der Waals surface area contributed by atoms with Gasteiger partial charge in [0, 0.05) is 19.1 Å². The van der Waals surface area contributed by atoms with E-state index in [-0.39, 0.29) is 17.7 Å². The van der Waals surface area contributed by atoms with Crippen LogP contribution in [0.25, 0.3) is 0 Å². The largest absolute Gasteiger partial charge is 0.349 e. The van der Waals surface area contributed by atoms with E-state index in [4.69, 9.17) is 0 Å². The summed E-state index contributed by atoms with van der Waals surface area (Å²) in [4.78, 5) is 12.8. The molecule has 1 fully saturated rings. The van der Waals surface area contributed by atoms with Gasteiger partial charge >= 0.3 is 0 Å². The minimum Gasteiger partial charge on any atom is -0.349 e. The number of benzene rings is 1. The van der Waals surface area contributed by atoms with Crippen molar-refractivity contribution in [1.82, 2.24) is 19.4 Å². The van der Waals surface area contributed by atoms with E-state index in [1.165, 1.54) is 0 Å². The Hall–Kier alpha value is -2.19. The fourth-order valence-corrected chi connectivity index (χ4v) is 5.34. The van der Waals surface area contributed by atoms with Crippen molar-refractivity contribution in [3.63, 3.8) is 0 Å². The Morgan fingerprint density at radius 1 is 1.17 bits per heavy atom. The van der Waals surface area contributed by atoms with Gasteiger partial charge in [0.15, 0.2) is 0 Å². The summed E-state index contributed by atoms with van der Waals surface area (Å²) >= 11 is 0. The Balaban J connectivity index is 1.62. The number of nitrogens with zero attached hydrogens (tertiary/aromatic N) is 3. The zero-order valence-corrected chi connectivity index (χ0v) is 18.0. The van der Waals surface area contributed by atoms with Crippen LogP contribution in [-0.4, -0.2) is 53.3 Å². The van der Waals surface area contributed by atoms with Gasteiger partial charge in [-0.1, -0.05) is 44.2 Å². The number of amides is 1. The molecular weight excluding hydrogens is 388 g/mol. The Morgan fingerprint density at radius 2 is 1.86 bits per heavy atom. The maximum Gasteiger partial charge on any atom is 0.254 e. The molecule has 0 unspecified atom stereocenters. The Morgan fingerprint density at radius 3 is 2.48 bits per heavy atom. The van der Waals surface area contributed by atoms with Crippen molar-refractivity contribution in [2.75, 3.05) is 18.8 Å². The molecule has 0 atom stereocenters. The minimum atomic E-state index is -3.17. The van der Waals surface area contributed by atoms with Gasteiger partial charge in [-0.2, -0.15) is 5.10 Å². The Labute approximate surface area is 173 Å². The van der Waals surface area contributed by atoms with Gasteiger partial charge in [0.2, 0.25) is 10.0 Å². The molecule has 2 heterocycles. The smallest absolute Gasteiger partial charge is 0.254 e. The molecule has 0 spiro atoms. The van der Waals surface area contributed by atoms with E-state index in [1.54, 1.807) is 10.5 Å². The molecule has 1 aromatic heterocycles. The van der Waals surface area contributed by atoms with Crippen molar-refractivity contribution in [3.8, 4) is 0 Å². The van der Waals surface area contributed by atoms with Crippen LogP contribution in [0.5, 0.6) is 0 Å². The topological polar surface area (TPSA) is 84.3 Å². The number of hydrogen-bond donors (Lipinski definition) is 1. The first-order valence-corrected chi connectivity index (χ1v) is 11.9. The fraction of sp³-hybridized carbons (Fsp3) is 0.524. The van der Waals surface area contributed by atoms with E-state index >= 15 is 0 Å².